The molecule has 1 atom stereocenters. The third-order valence-corrected chi connectivity index (χ3v) is 5.52. The van der Waals surface area contributed by atoms with Gasteiger partial charge in [0.2, 0.25) is 0 Å². The van der Waals surface area contributed by atoms with E-state index in [1.165, 1.54) is 0 Å². The number of nitrogens with zero attached hydrogens (tertiary/aromatic N) is 2. The Balaban J connectivity index is 1.62. The molecule has 3 rings (SSSR count). The van der Waals surface area contributed by atoms with Crippen molar-refractivity contribution in [3.05, 3.63) is 46.3 Å². The van der Waals surface area contributed by atoms with Gasteiger partial charge in [0.1, 0.15) is 5.82 Å². The van der Waals surface area contributed by atoms with E-state index >= 15 is 0 Å². The molecule has 0 saturated carbocycles. The van der Waals surface area contributed by atoms with E-state index in [0.717, 1.165) is 36.6 Å². The lowest BCUT2D eigenvalue weighted by Crippen LogP contribution is -2.36. The first-order valence-corrected chi connectivity index (χ1v) is 9.66. The Morgan fingerprint density at radius 2 is 2.12 bits per heavy atom. The Morgan fingerprint density at radius 3 is 2.76 bits per heavy atom. The number of aromatic nitrogens is 1. The summed E-state index contributed by atoms with van der Waals surface area (Å²) in [6.45, 7) is 5.58. The van der Waals surface area contributed by atoms with Crippen LogP contribution < -0.4 is 10.2 Å². The Hall–Kier alpha value is -1.92. The number of pyridine rings is 1. The molecule has 134 valence electrons. The summed E-state index contributed by atoms with van der Waals surface area (Å²) in [6.07, 6.45) is 3.15. The van der Waals surface area contributed by atoms with Crippen LogP contribution in [-0.4, -0.2) is 35.1 Å². The molecule has 1 amide bonds. The van der Waals surface area contributed by atoms with Crippen molar-refractivity contribution >= 4 is 23.1 Å². The second-order valence-corrected chi connectivity index (χ2v) is 7.79. The molecule has 5 nitrogen and oxygen atoms in total. The number of anilines is 1. The molecule has 0 bridgehead atoms. The highest BCUT2D eigenvalue weighted by Gasteiger charge is 2.27. The van der Waals surface area contributed by atoms with E-state index in [1.807, 2.05) is 37.4 Å². The fraction of sp³-hybridized carbons (Fsp3) is 0.474. The predicted octanol–water partition coefficient (Wildman–Crippen LogP) is 3.23. The standard InChI is InChI=1S/C19H25N3O2S/c1-13(2)21-19(24)15-5-8-20-17(12-15)22-9-6-14(7-10-22)18(23)16-4-3-11-25-16/h3-5,8,11-14,18,23H,6-7,9-10H2,1-2H3,(H,21,24). The lowest BCUT2D eigenvalue weighted by molar-refractivity contribution is 0.0943. The van der Waals surface area contributed by atoms with Gasteiger partial charge >= 0.3 is 0 Å². The van der Waals surface area contributed by atoms with Crippen LogP contribution in [0.25, 0.3) is 0 Å². The van der Waals surface area contributed by atoms with Gasteiger partial charge in [-0.05, 0) is 56.2 Å². The second kappa shape index (κ2) is 7.97. The molecule has 1 aliphatic heterocycles. The summed E-state index contributed by atoms with van der Waals surface area (Å²) in [4.78, 5) is 19.8. The summed E-state index contributed by atoms with van der Waals surface area (Å²) in [5.41, 5.74) is 0.638. The van der Waals surface area contributed by atoms with E-state index in [0.29, 0.717) is 5.56 Å². The molecular formula is C19H25N3O2S. The van der Waals surface area contributed by atoms with Gasteiger partial charge in [0, 0.05) is 35.8 Å². The van der Waals surface area contributed by atoms with E-state index in [-0.39, 0.29) is 24.0 Å². The number of nitrogens with one attached hydrogen (secondary N) is 1. The highest BCUT2D eigenvalue weighted by Crippen LogP contribution is 2.33. The Labute approximate surface area is 152 Å². The minimum Gasteiger partial charge on any atom is -0.387 e. The number of hydrogen-bond acceptors (Lipinski definition) is 5. The van der Waals surface area contributed by atoms with Crippen LogP contribution in [0.5, 0.6) is 0 Å². The summed E-state index contributed by atoms with van der Waals surface area (Å²) in [7, 11) is 0. The molecule has 2 aromatic rings. The summed E-state index contributed by atoms with van der Waals surface area (Å²) in [6, 6.07) is 7.69. The smallest absolute Gasteiger partial charge is 0.251 e. The number of hydrogen-bond donors (Lipinski definition) is 2. The quantitative estimate of drug-likeness (QED) is 0.860. The minimum atomic E-state index is -0.377. The summed E-state index contributed by atoms with van der Waals surface area (Å²) in [5.74, 6) is 1.05. The van der Waals surface area contributed by atoms with Crippen molar-refractivity contribution in [2.24, 2.45) is 5.92 Å². The third kappa shape index (κ3) is 4.38. The molecule has 2 aromatic heterocycles. The SMILES string of the molecule is CC(C)NC(=O)c1ccnc(N2CCC(C(O)c3cccs3)CC2)c1. The molecule has 3 heterocycles. The number of carbonyl (C=O) groups is 1. The topological polar surface area (TPSA) is 65.5 Å². The maximum atomic E-state index is 12.2. The van der Waals surface area contributed by atoms with Crippen molar-refractivity contribution in [2.75, 3.05) is 18.0 Å². The Kier molecular flexibility index (Phi) is 5.71. The minimum absolute atomic E-state index is 0.0679. The fourth-order valence-electron chi connectivity index (χ4n) is 3.21. The number of amides is 1. The maximum Gasteiger partial charge on any atom is 0.251 e. The van der Waals surface area contributed by atoms with Gasteiger partial charge in [-0.1, -0.05) is 6.07 Å². The molecule has 25 heavy (non-hydrogen) atoms. The van der Waals surface area contributed by atoms with Crippen LogP contribution in [0, 0.1) is 5.92 Å². The Bertz CT molecular complexity index is 694. The average Bonchev–Trinajstić information content (AvgIpc) is 3.15. The van der Waals surface area contributed by atoms with Crippen LogP contribution in [0.1, 0.15) is 48.0 Å². The highest BCUT2D eigenvalue weighted by atomic mass is 32.1. The lowest BCUT2D eigenvalue weighted by Gasteiger charge is -2.34. The third-order valence-electron chi connectivity index (χ3n) is 4.57. The fourth-order valence-corrected chi connectivity index (χ4v) is 4.02. The lowest BCUT2D eigenvalue weighted by atomic mass is 9.90. The number of thiophene rings is 1. The van der Waals surface area contributed by atoms with Crippen LogP contribution in [-0.2, 0) is 0 Å². The zero-order chi connectivity index (χ0) is 17.8. The zero-order valence-electron chi connectivity index (χ0n) is 14.7. The average molecular weight is 359 g/mol. The van der Waals surface area contributed by atoms with Crippen LogP contribution in [0.3, 0.4) is 0 Å². The molecule has 0 spiro atoms. The van der Waals surface area contributed by atoms with Crippen LogP contribution in [0.15, 0.2) is 35.8 Å². The highest BCUT2D eigenvalue weighted by molar-refractivity contribution is 7.10. The van der Waals surface area contributed by atoms with Crippen molar-refractivity contribution < 1.29 is 9.90 Å². The molecule has 6 heteroatoms. The summed E-state index contributed by atoms with van der Waals surface area (Å²) in [5, 5.41) is 15.4. The number of aliphatic hydroxyl groups is 1. The van der Waals surface area contributed by atoms with Crippen molar-refractivity contribution in [1.29, 1.82) is 0 Å². The van der Waals surface area contributed by atoms with Crippen molar-refractivity contribution in [1.82, 2.24) is 10.3 Å². The predicted molar refractivity (Wildman–Crippen MR) is 101 cm³/mol. The zero-order valence-corrected chi connectivity index (χ0v) is 15.5. The molecule has 0 radical (unpaired) electrons. The maximum absolute atomic E-state index is 12.2. The van der Waals surface area contributed by atoms with Gasteiger partial charge < -0.3 is 15.3 Å². The first-order chi connectivity index (χ1) is 12.0. The van der Waals surface area contributed by atoms with Gasteiger partial charge in [-0.15, -0.1) is 11.3 Å². The van der Waals surface area contributed by atoms with Crippen LogP contribution in [0.2, 0.25) is 0 Å². The van der Waals surface area contributed by atoms with Crippen LogP contribution in [0.4, 0.5) is 5.82 Å². The van der Waals surface area contributed by atoms with Gasteiger partial charge in [-0.25, -0.2) is 4.98 Å². The molecule has 1 unspecified atom stereocenters. The number of piperidine rings is 1. The van der Waals surface area contributed by atoms with E-state index in [2.05, 4.69) is 15.2 Å². The molecule has 1 aliphatic rings. The molecular weight excluding hydrogens is 334 g/mol. The second-order valence-electron chi connectivity index (χ2n) is 6.82. The normalized spacial score (nSPS) is 16.9. The molecule has 0 aliphatic carbocycles. The van der Waals surface area contributed by atoms with Crippen LogP contribution >= 0.6 is 11.3 Å². The molecule has 2 N–H and O–H groups in total. The van der Waals surface area contributed by atoms with E-state index < -0.39 is 0 Å². The first-order valence-electron chi connectivity index (χ1n) is 8.78. The molecule has 1 saturated heterocycles. The van der Waals surface area contributed by atoms with Gasteiger partial charge in [0.15, 0.2) is 0 Å². The van der Waals surface area contributed by atoms with Gasteiger partial charge in [0.25, 0.3) is 5.91 Å². The monoisotopic (exact) mass is 359 g/mol. The van der Waals surface area contributed by atoms with Crippen molar-refractivity contribution in [2.45, 2.75) is 38.8 Å². The van der Waals surface area contributed by atoms with Crippen molar-refractivity contribution in [3.8, 4) is 0 Å². The number of rotatable bonds is 5. The number of carbonyl (C=O) groups excluding carboxylic acids is 1. The largest absolute Gasteiger partial charge is 0.387 e. The first kappa shape index (κ1) is 17.9. The van der Waals surface area contributed by atoms with Gasteiger partial charge in [-0.2, -0.15) is 0 Å². The van der Waals surface area contributed by atoms with E-state index in [9.17, 15) is 9.90 Å². The Morgan fingerprint density at radius 1 is 1.36 bits per heavy atom. The number of aliphatic hydroxyl groups excluding tert-OH is 1. The van der Waals surface area contributed by atoms with Gasteiger partial charge in [0.05, 0.1) is 6.10 Å². The van der Waals surface area contributed by atoms with Gasteiger partial charge in [-0.3, -0.25) is 4.79 Å². The van der Waals surface area contributed by atoms with Crippen molar-refractivity contribution in [3.63, 3.8) is 0 Å². The summed E-state index contributed by atoms with van der Waals surface area (Å²) >= 11 is 1.61. The van der Waals surface area contributed by atoms with E-state index in [1.54, 1.807) is 23.6 Å². The van der Waals surface area contributed by atoms with E-state index in [4.69, 9.17) is 0 Å². The molecule has 0 aromatic carbocycles. The summed E-state index contributed by atoms with van der Waals surface area (Å²) < 4.78 is 0. The molecule has 1 fully saturated rings.